The first-order valence-corrected chi connectivity index (χ1v) is 13.4. The van der Waals surface area contributed by atoms with Gasteiger partial charge in [-0.25, -0.2) is 14.4 Å². The molecule has 0 bridgehead atoms. The lowest BCUT2D eigenvalue weighted by Crippen LogP contribution is -2.49. The summed E-state index contributed by atoms with van der Waals surface area (Å²) in [5.41, 5.74) is 1.29. The number of nitrogens with one attached hydrogen (secondary N) is 1. The maximum atomic E-state index is 13.4. The van der Waals surface area contributed by atoms with Gasteiger partial charge in [0.25, 0.3) is 0 Å². The molecule has 2 aliphatic rings. The molecule has 38 heavy (non-hydrogen) atoms. The van der Waals surface area contributed by atoms with Crippen LogP contribution in [0.4, 0.5) is 15.3 Å². The van der Waals surface area contributed by atoms with Gasteiger partial charge in [0.15, 0.2) is 0 Å². The van der Waals surface area contributed by atoms with E-state index in [-0.39, 0.29) is 17.5 Å². The van der Waals surface area contributed by atoms with Gasteiger partial charge in [-0.1, -0.05) is 29.8 Å². The molecule has 2 aromatic carbocycles. The Morgan fingerprint density at radius 1 is 1.08 bits per heavy atom. The zero-order valence-electron chi connectivity index (χ0n) is 22.5. The van der Waals surface area contributed by atoms with Crippen LogP contribution < -0.4 is 10.2 Å². The molecule has 8 nitrogen and oxygen atoms in total. The molecule has 0 spiro atoms. The number of urea groups is 1. The second-order valence-corrected chi connectivity index (χ2v) is 11.5. The fraction of sp³-hybridized carbons (Fsp3) is 0.483. The molecule has 1 aliphatic carbocycles. The molecule has 2 aromatic rings. The van der Waals surface area contributed by atoms with Crippen LogP contribution in [0.15, 0.2) is 48.5 Å². The quantitative estimate of drug-likeness (QED) is 0.469. The second-order valence-electron chi connectivity index (χ2n) is 11.0. The normalized spacial score (nSPS) is 21.8. The van der Waals surface area contributed by atoms with E-state index in [4.69, 9.17) is 21.1 Å². The Bertz CT molecular complexity index is 1190. The molecule has 0 radical (unpaired) electrons. The van der Waals surface area contributed by atoms with Crippen molar-refractivity contribution in [1.82, 2.24) is 10.2 Å². The standard InChI is InChI=1S/C29H36ClN3O5/c1-28(2,3)38-26(35)31-19-29(21-8-6-9-22(30)18-21)13-11-23(12-14-29)32-15-16-33(27(32)36)24-10-5-7-20(17-24)25(34)37-4/h5-10,17-18,23H,11-16,19H2,1-4H3,(H,31,35)/t23-,29-. The Morgan fingerprint density at radius 3 is 2.45 bits per heavy atom. The van der Waals surface area contributed by atoms with E-state index in [1.807, 2.05) is 49.9 Å². The Balaban J connectivity index is 1.46. The first-order chi connectivity index (χ1) is 18.0. The number of esters is 1. The Kier molecular flexibility index (Phi) is 8.21. The van der Waals surface area contributed by atoms with Crippen LogP contribution in [0.5, 0.6) is 0 Å². The molecule has 1 heterocycles. The molecular weight excluding hydrogens is 506 g/mol. The van der Waals surface area contributed by atoms with Gasteiger partial charge in [-0.05, 0) is 82.3 Å². The van der Waals surface area contributed by atoms with Crippen LogP contribution >= 0.6 is 11.6 Å². The third-order valence-electron chi connectivity index (χ3n) is 7.38. The molecule has 1 saturated carbocycles. The average Bonchev–Trinajstić information content (AvgIpc) is 3.27. The Labute approximate surface area is 229 Å². The number of carbonyl (C=O) groups is 3. The van der Waals surface area contributed by atoms with Crippen molar-refractivity contribution in [3.63, 3.8) is 0 Å². The molecule has 1 N–H and O–H groups in total. The molecule has 0 unspecified atom stereocenters. The topological polar surface area (TPSA) is 88.2 Å². The van der Waals surface area contributed by atoms with E-state index in [1.54, 1.807) is 23.1 Å². The van der Waals surface area contributed by atoms with Crippen molar-refractivity contribution >= 4 is 35.4 Å². The molecule has 9 heteroatoms. The molecule has 3 amide bonds. The van der Waals surface area contributed by atoms with Crippen LogP contribution in [0, 0.1) is 0 Å². The first-order valence-electron chi connectivity index (χ1n) is 13.0. The van der Waals surface area contributed by atoms with Crippen LogP contribution in [-0.2, 0) is 14.9 Å². The number of carbonyl (C=O) groups excluding carboxylic acids is 3. The summed E-state index contributed by atoms with van der Waals surface area (Å²) in [6, 6.07) is 14.8. The van der Waals surface area contributed by atoms with Gasteiger partial charge in [0, 0.05) is 41.8 Å². The van der Waals surface area contributed by atoms with E-state index in [0.29, 0.717) is 35.9 Å². The maximum absolute atomic E-state index is 13.4. The van der Waals surface area contributed by atoms with Crippen molar-refractivity contribution in [2.24, 2.45) is 0 Å². The highest BCUT2D eigenvalue weighted by atomic mass is 35.5. The van der Waals surface area contributed by atoms with Gasteiger partial charge in [-0.3, -0.25) is 4.90 Å². The smallest absolute Gasteiger partial charge is 0.407 e. The van der Waals surface area contributed by atoms with Crippen molar-refractivity contribution in [1.29, 1.82) is 0 Å². The predicted molar refractivity (Wildman–Crippen MR) is 147 cm³/mol. The van der Waals surface area contributed by atoms with Crippen LogP contribution in [0.1, 0.15) is 62.4 Å². The van der Waals surface area contributed by atoms with Crippen molar-refractivity contribution in [3.05, 3.63) is 64.7 Å². The number of benzene rings is 2. The fourth-order valence-electron chi connectivity index (χ4n) is 5.46. The molecule has 204 valence electrons. The fourth-order valence-corrected chi connectivity index (χ4v) is 5.65. The molecule has 1 saturated heterocycles. The Hall–Kier alpha value is -3.26. The lowest BCUT2D eigenvalue weighted by atomic mass is 9.68. The monoisotopic (exact) mass is 541 g/mol. The molecule has 2 fully saturated rings. The van der Waals surface area contributed by atoms with Crippen LogP contribution in [0.2, 0.25) is 5.02 Å². The number of hydrogen-bond donors (Lipinski definition) is 1. The highest BCUT2D eigenvalue weighted by Gasteiger charge is 2.42. The Morgan fingerprint density at radius 2 is 1.79 bits per heavy atom. The average molecular weight is 542 g/mol. The molecule has 0 atom stereocenters. The van der Waals surface area contributed by atoms with E-state index in [2.05, 4.69) is 11.4 Å². The summed E-state index contributed by atoms with van der Waals surface area (Å²) in [7, 11) is 1.34. The minimum Gasteiger partial charge on any atom is -0.465 e. The number of anilines is 1. The number of ether oxygens (including phenoxy) is 2. The SMILES string of the molecule is COC(=O)c1cccc(N2CCN([C@H]3CC[C@](CNC(=O)OC(C)(C)C)(c4cccc(Cl)c4)CC3)C2=O)c1. The highest BCUT2D eigenvalue weighted by Crippen LogP contribution is 2.42. The van der Waals surface area contributed by atoms with Crippen molar-refractivity contribution in [2.45, 2.75) is 63.5 Å². The number of hydrogen-bond acceptors (Lipinski definition) is 5. The van der Waals surface area contributed by atoms with Crippen LogP contribution in [-0.4, -0.2) is 61.4 Å². The third kappa shape index (κ3) is 6.23. The minimum absolute atomic E-state index is 0.0563. The van der Waals surface area contributed by atoms with Crippen LogP contribution in [0.3, 0.4) is 0 Å². The summed E-state index contributed by atoms with van der Waals surface area (Å²) in [5, 5.41) is 3.63. The number of alkyl carbamates (subject to hydrolysis) is 1. The van der Waals surface area contributed by atoms with Gasteiger partial charge < -0.3 is 19.7 Å². The van der Waals surface area contributed by atoms with Crippen molar-refractivity contribution in [3.8, 4) is 0 Å². The molecule has 1 aliphatic heterocycles. The number of halogens is 1. The maximum Gasteiger partial charge on any atom is 0.407 e. The van der Waals surface area contributed by atoms with E-state index < -0.39 is 17.7 Å². The molecular formula is C29H36ClN3O5. The van der Waals surface area contributed by atoms with Crippen molar-refractivity contribution < 1.29 is 23.9 Å². The van der Waals surface area contributed by atoms with Gasteiger partial charge in [-0.2, -0.15) is 0 Å². The molecule has 0 aromatic heterocycles. The minimum atomic E-state index is -0.580. The summed E-state index contributed by atoms with van der Waals surface area (Å²) >= 11 is 6.34. The van der Waals surface area contributed by atoms with Gasteiger partial charge in [-0.15, -0.1) is 0 Å². The lowest BCUT2D eigenvalue weighted by Gasteiger charge is -2.43. The zero-order valence-corrected chi connectivity index (χ0v) is 23.2. The number of methoxy groups -OCH3 is 1. The van der Waals surface area contributed by atoms with Gasteiger partial charge >= 0.3 is 18.1 Å². The second kappa shape index (κ2) is 11.2. The van der Waals surface area contributed by atoms with Gasteiger partial charge in [0.1, 0.15) is 5.60 Å². The number of amides is 3. The largest absolute Gasteiger partial charge is 0.465 e. The highest BCUT2D eigenvalue weighted by molar-refractivity contribution is 6.30. The summed E-state index contributed by atoms with van der Waals surface area (Å²) < 4.78 is 10.3. The number of rotatable bonds is 6. The van der Waals surface area contributed by atoms with E-state index in [9.17, 15) is 14.4 Å². The predicted octanol–water partition coefficient (Wildman–Crippen LogP) is 5.77. The van der Waals surface area contributed by atoms with Gasteiger partial charge in [0.2, 0.25) is 0 Å². The summed E-state index contributed by atoms with van der Waals surface area (Å²) in [5.74, 6) is -0.431. The first kappa shape index (κ1) is 27.8. The van der Waals surface area contributed by atoms with E-state index in [1.165, 1.54) is 7.11 Å². The summed E-state index contributed by atoms with van der Waals surface area (Å²) in [6.45, 7) is 7.12. The lowest BCUT2D eigenvalue weighted by molar-refractivity contribution is 0.0501. The van der Waals surface area contributed by atoms with E-state index >= 15 is 0 Å². The van der Waals surface area contributed by atoms with Crippen molar-refractivity contribution in [2.75, 3.05) is 31.6 Å². The number of nitrogens with zero attached hydrogens (tertiary/aromatic N) is 2. The zero-order chi connectivity index (χ0) is 27.5. The third-order valence-corrected chi connectivity index (χ3v) is 7.62. The summed E-state index contributed by atoms with van der Waals surface area (Å²) in [6.07, 6.45) is 2.72. The van der Waals surface area contributed by atoms with E-state index in [0.717, 1.165) is 31.2 Å². The molecule has 4 rings (SSSR count). The summed E-state index contributed by atoms with van der Waals surface area (Å²) in [4.78, 5) is 41.5. The van der Waals surface area contributed by atoms with Crippen LogP contribution in [0.25, 0.3) is 0 Å². The van der Waals surface area contributed by atoms with Gasteiger partial charge in [0.05, 0.1) is 12.7 Å².